The smallest absolute Gasteiger partial charge is 0.395 e. The highest BCUT2D eigenvalue weighted by Gasteiger charge is 2.33. The fourth-order valence-corrected chi connectivity index (χ4v) is 4.52. The fraction of sp³-hybridized carbons (Fsp3) is 0.474. The number of fused-ring (bicyclic) bond motifs is 1. The number of rotatable bonds is 8. The van der Waals surface area contributed by atoms with Gasteiger partial charge in [0.2, 0.25) is 5.50 Å². The Morgan fingerprint density at radius 2 is 1.71 bits per heavy atom. The Hall–Kier alpha value is -1.35. The van der Waals surface area contributed by atoms with Crippen molar-refractivity contribution in [1.29, 1.82) is 0 Å². The molecular weight excluding hydrogens is 323 g/mol. The maximum Gasteiger partial charge on any atom is 0.395 e. The highest BCUT2D eigenvalue weighted by atomic mass is 31.2. The summed E-state index contributed by atoms with van der Waals surface area (Å²) < 4.78 is 29.7. The van der Waals surface area contributed by atoms with Crippen LogP contribution in [0.5, 0.6) is 0 Å². The number of hydrogen-bond donors (Lipinski definition) is 0. The van der Waals surface area contributed by atoms with Crippen molar-refractivity contribution >= 4 is 7.60 Å². The zero-order valence-corrected chi connectivity index (χ0v) is 15.9. The molecule has 0 aromatic heterocycles. The van der Waals surface area contributed by atoms with Crippen LogP contribution in [0.15, 0.2) is 47.0 Å². The Balaban J connectivity index is 2.09. The second-order valence-corrected chi connectivity index (χ2v) is 7.86. The molecular formula is C19H27O4P. The van der Waals surface area contributed by atoms with Crippen molar-refractivity contribution in [2.45, 2.75) is 40.5 Å². The van der Waals surface area contributed by atoms with Crippen LogP contribution in [0, 0.1) is 0 Å². The van der Waals surface area contributed by atoms with Crippen LogP contribution in [0.3, 0.4) is 0 Å². The monoisotopic (exact) mass is 350 g/mol. The largest absolute Gasteiger partial charge is 0.481 e. The van der Waals surface area contributed by atoms with E-state index >= 15 is 0 Å². The normalized spacial score (nSPS) is 13.9. The lowest BCUT2D eigenvalue weighted by molar-refractivity contribution is 0.184. The molecule has 24 heavy (non-hydrogen) atoms. The molecule has 0 amide bonds. The van der Waals surface area contributed by atoms with Gasteiger partial charge in [-0.15, -0.1) is 0 Å². The topological polar surface area (TPSA) is 44.8 Å². The van der Waals surface area contributed by atoms with Crippen molar-refractivity contribution in [1.82, 2.24) is 0 Å². The van der Waals surface area contributed by atoms with E-state index < -0.39 is 7.60 Å². The molecule has 1 aromatic carbocycles. The van der Waals surface area contributed by atoms with Crippen LogP contribution >= 0.6 is 7.60 Å². The van der Waals surface area contributed by atoms with Gasteiger partial charge in [0.25, 0.3) is 0 Å². The summed E-state index contributed by atoms with van der Waals surface area (Å²) in [5, 5.41) is 0. The van der Waals surface area contributed by atoms with E-state index in [2.05, 4.69) is 30.3 Å². The summed E-state index contributed by atoms with van der Waals surface area (Å²) in [6.07, 6.45) is 3.96. The minimum atomic E-state index is -3.39. The molecule has 2 rings (SSSR count). The van der Waals surface area contributed by atoms with Gasteiger partial charge in [0, 0.05) is 0 Å². The molecule has 0 fully saturated rings. The first-order valence-corrected chi connectivity index (χ1v) is 9.99. The highest BCUT2D eigenvalue weighted by molar-refractivity contribution is 7.58. The third-order valence-electron chi connectivity index (χ3n) is 3.82. The van der Waals surface area contributed by atoms with Crippen LogP contribution in [0.4, 0.5) is 0 Å². The molecule has 0 N–H and O–H groups in total. The molecule has 1 aliphatic carbocycles. The minimum absolute atomic E-state index is 0.313. The van der Waals surface area contributed by atoms with Crippen LogP contribution in [0.2, 0.25) is 0 Å². The van der Waals surface area contributed by atoms with E-state index in [0.29, 0.717) is 25.3 Å². The average Bonchev–Trinajstić information content (AvgIpc) is 2.55. The second kappa shape index (κ2) is 8.66. The molecule has 0 spiro atoms. The quantitative estimate of drug-likeness (QED) is 0.365. The van der Waals surface area contributed by atoms with Crippen molar-refractivity contribution in [2.75, 3.05) is 19.8 Å². The molecule has 0 unspecified atom stereocenters. The lowest BCUT2D eigenvalue weighted by Crippen LogP contribution is -2.10. The second-order valence-electron chi connectivity index (χ2n) is 5.94. The number of benzene rings is 1. The molecule has 0 bridgehead atoms. The maximum absolute atomic E-state index is 13.0. The van der Waals surface area contributed by atoms with E-state index in [-0.39, 0.29) is 0 Å². The summed E-state index contributed by atoms with van der Waals surface area (Å²) in [4.78, 5) is 0. The van der Waals surface area contributed by atoms with Crippen molar-refractivity contribution in [2.24, 2.45) is 0 Å². The average molecular weight is 350 g/mol. The van der Waals surface area contributed by atoms with Gasteiger partial charge in [0.1, 0.15) is 6.61 Å². The zero-order valence-electron chi connectivity index (χ0n) is 15.0. The summed E-state index contributed by atoms with van der Waals surface area (Å²) in [7, 11) is -3.39. The predicted octanol–water partition coefficient (Wildman–Crippen LogP) is 5.25. The molecule has 5 heteroatoms. The first kappa shape index (κ1) is 19.0. The SMILES string of the molecule is CCOP(=O)(OCC)C(OCC1=CCc2ccccc2C1)=C(C)C. The highest BCUT2D eigenvalue weighted by Crippen LogP contribution is 2.57. The maximum atomic E-state index is 13.0. The van der Waals surface area contributed by atoms with Crippen molar-refractivity contribution in [3.05, 3.63) is 58.1 Å². The number of hydrogen-bond acceptors (Lipinski definition) is 4. The van der Waals surface area contributed by atoms with E-state index in [1.54, 1.807) is 13.8 Å². The standard InChI is InChI=1S/C19H27O4P/c1-5-22-24(20,23-6-2)19(15(3)4)21-14-16-11-12-17-9-7-8-10-18(17)13-16/h7-11H,5-6,12-14H2,1-4H3. The van der Waals surface area contributed by atoms with Gasteiger partial charge in [-0.2, -0.15) is 0 Å². The summed E-state index contributed by atoms with van der Waals surface area (Å²) in [6, 6.07) is 8.43. The molecule has 1 aromatic rings. The minimum Gasteiger partial charge on any atom is -0.481 e. The molecule has 0 heterocycles. The van der Waals surface area contributed by atoms with E-state index in [4.69, 9.17) is 13.8 Å². The van der Waals surface area contributed by atoms with Crippen molar-refractivity contribution in [3.8, 4) is 0 Å². The summed E-state index contributed by atoms with van der Waals surface area (Å²) in [6.45, 7) is 8.36. The summed E-state index contributed by atoms with van der Waals surface area (Å²) in [5.74, 6) is 0. The Kier molecular flexibility index (Phi) is 6.85. The van der Waals surface area contributed by atoms with Gasteiger partial charge in [0.05, 0.1) is 13.2 Å². The Labute approximate surface area is 145 Å². The van der Waals surface area contributed by atoms with Gasteiger partial charge >= 0.3 is 7.60 Å². The lowest BCUT2D eigenvalue weighted by Gasteiger charge is -2.23. The Bertz CT molecular complexity index is 662. The first-order chi connectivity index (χ1) is 11.5. The molecule has 1 aliphatic rings. The van der Waals surface area contributed by atoms with Gasteiger partial charge in [-0.3, -0.25) is 4.57 Å². The van der Waals surface area contributed by atoms with Gasteiger partial charge < -0.3 is 13.8 Å². The molecule has 0 radical (unpaired) electrons. The molecule has 0 saturated heterocycles. The summed E-state index contributed by atoms with van der Waals surface area (Å²) in [5.41, 5.74) is 5.03. The number of ether oxygens (including phenoxy) is 1. The van der Waals surface area contributed by atoms with Crippen LogP contribution in [0.25, 0.3) is 0 Å². The van der Waals surface area contributed by atoms with Gasteiger partial charge in [-0.25, -0.2) is 0 Å². The Morgan fingerprint density at radius 1 is 1.08 bits per heavy atom. The third-order valence-corrected chi connectivity index (χ3v) is 6.09. The molecule has 4 nitrogen and oxygen atoms in total. The molecule has 0 aliphatic heterocycles. The predicted molar refractivity (Wildman–Crippen MR) is 97.1 cm³/mol. The van der Waals surface area contributed by atoms with E-state index in [0.717, 1.165) is 18.4 Å². The van der Waals surface area contributed by atoms with E-state index in [1.165, 1.54) is 16.7 Å². The fourth-order valence-electron chi connectivity index (χ4n) is 2.76. The van der Waals surface area contributed by atoms with Crippen LogP contribution in [0.1, 0.15) is 38.8 Å². The van der Waals surface area contributed by atoms with E-state index in [9.17, 15) is 4.57 Å². The zero-order chi connectivity index (χ0) is 17.6. The third kappa shape index (κ3) is 4.60. The Morgan fingerprint density at radius 3 is 2.29 bits per heavy atom. The van der Waals surface area contributed by atoms with Crippen LogP contribution in [-0.2, 0) is 31.2 Å². The van der Waals surface area contributed by atoms with Crippen molar-refractivity contribution < 1.29 is 18.3 Å². The molecule has 0 atom stereocenters. The van der Waals surface area contributed by atoms with Gasteiger partial charge in [-0.05, 0) is 62.8 Å². The van der Waals surface area contributed by atoms with E-state index in [1.807, 2.05) is 13.8 Å². The van der Waals surface area contributed by atoms with Gasteiger partial charge in [0.15, 0.2) is 0 Å². The van der Waals surface area contributed by atoms with Crippen molar-refractivity contribution in [3.63, 3.8) is 0 Å². The summed E-state index contributed by atoms with van der Waals surface area (Å²) >= 11 is 0. The molecule has 0 saturated carbocycles. The van der Waals surface area contributed by atoms with Crippen LogP contribution < -0.4 is 0 Å². The first-order valence-electron chi connectivity index (χ1n) is 8.44. The lowest BCUT2D eigenvalue weighted by atomic mass is 9.92. The number of allylic oxidation sites excluding steroid dienone is 2. The van der Waals surface area contributed by atoms with Gasteiger partial charge in [-0.1, -0.05) is 30.3 Å². The molecule has 132 valence electrons. The van der Waals surface area contributed by atoms with Crippen LogP contribution in [-0.4, -0.2) is 19.8 Å².